The highest BCUT2D eigenvalue weighted by Crippen LogP contribution is 2.29. The molecule has 0 spiro atoms. The van der Waals surface area contributed by atoms with Gasteiger partial charge >= 0.3 is 6.03 Å². The SMILES string of the molecule is Cc1ccc(-n2nc(C(C)(C)C)cc2NC(=O)Nc2ccccc2CC2CCN(C(=O)c3ccc(Nc4nc(C)cc(C)n4)cc3)CC2)cc1. The molecule has 0 atom stereocenters. The number of likely N-dealkylation sites (tertiary alicyclic amines) is 1. The van der Waals surface area contributed by atoms with Crippen LogP contribution in [0, 0.1) is 26.7 Å². The van der Waals surface area contributed by atoms with Crippen molar-refractivity contribution in [1.29, 1.82) is 0 Å². The normalized spacial score (nSPS) is 13.6. The fraction of sp³-hybridized carbons (Fsp3) is 0.325. The van der Waals surface area contributed by atoms with E-state index < -0.39 is 0 Å². The molecule has 10 nitrogen and oxygen atoms in total. The minimum Gasteiger partial charge on any atom is -0.339 e. The maximum atomic E-state index is 13.4. The lowest BCUT2D eigenvalue weighted by atomic mass is 9.89. The van der Waals surface area contributed by atoms with E-state index in [2.05, 4.69) is 52.8 Å². The Balaban J connectivity index is 1.05. The molecular formula is C40H46N8O2. The highest BCUT2D eigenvalue weighted by molar-refractivity contribution is 6.00. The van der Waals surface area contributed by atoms with Crippen molar-refractivity contribution in [3.05, 3.63) is 119 Å². The first kappa shape index (κ1) is 34.4. The number of hydrogen-bond donors (Lipinski definition) is 3. The molecular weight excluding hydrogens is 624 g/mol. The predicted molar refractivity (Wildman–Crippen MR) is 200 cm³/mol. The van der Waals surface area contributed by atoms with Crippen LogP contribution in [0.5, 0.6) is 0 Å². The number of rotatable bonds is 8. The summed E-state index contributed by atoms with van der Waals surface area (Å²) in [5.41, 5.74) is 7.87. The Kier molecular flexibility index (Phi) is 9.99. The number of carbonyl (C=O) groups is 2. The van der Waals surface area contributed by atoms with Gasteiger partial charge in [-0.1, -0.05) is 56.7 Å². The van der Waals surface area contributed by atoms with Gasteiger partial charge in [0.25, 0.3) is 5.91 Å². The van der Waals surface area contributed by atoms with Crippen LogP contribution in [0.15, 0.2) is 84.9 Å². The van der Waals surface area contributed by atoms with Crippen LogP contribution in [-0.4, -0.2) is 49.7 Å². The number of hydrogen-bond acceptors (Lipinski definition) is 6. The van der Waals surface area contributed by atoms with E-state index in [0.29, 0.717) is 36.3 Å². The molecule has 50 heavy (non-hydrogen) atoms. The van der Waals surface area contributed by atoms with Gasteiger partial charge in [0.1, 0.15) is 5.82 Å². The Morgan fingerprint density at radius 1 is 0.820 bits per heavy atom. The number of aryl methyl sites for hydroxylation is 3. The van der Waals surface area contributed by atoms with E-state index in [1.807, 2.05) is 105 Å². The molecule has 0 bridgehead atoms. The summed E-state index contributed by atoms with van der Waals surface area (Å²) >= 11 is 0. The number of nitrogens with one attached hydrogen (secondary N) is 3. The van der Waals surface area contributed by atoms with Gasteiger partial charge in [0.05, 0.1) is 11.4 Å². The van der Waals surface area contributed by atoms with Crippen LogP contribution in [0.25, 0.3) is 5.69 Å². The summed E-state index contributed by atoms with van der Waals surface area (Å²) in [6.45, 7) is 13.6. The van der Waals surface area contributed by atoms with Gasteiger partial charge in [-0.2, -0.15) is 5.10 Å². The van der Waals surface area contributed by atoms with E-state index >= 15 is 0 Å². The Labute approximate surface area is 294 Å². The van der Waals surface area contributed by atoms with Crippen molar-refractivity contribution >= 4 is 35.1 Å². The molecule has 0 saturated carbocycles. The monoisotopic (exact) mass is 670 g/mol. The molecule has 1 fully saturated rings. The molecule has 3 heterocycles. The maximum absolute atomic E-state index is 13.4. The van der Waals surface area contributed by atoms with Gasteiger partial charge in [-0.3, -0.25) is 10.1 Å². The molecule has 10 heteroatoms. The molecule has 6 rings (SSSR count). The maximum Gasteiger partial charge on any atom is 0.324 e. The van der Waals surface area contributed by atoms with Gasteiger partial charge < -0.3 is 15.5 Å². The summed E-state index contributed by atoms with van der Waals surface area (Å²) in [4.78, 5) is 37.6. The fourth-order valence-corrected chi connectivity index (χ4v) is 6.25. The van der Waals surface area contributed by atoms with Gasteiger partial charge in [-0.05, 0) is 100 Å². The summed E-state index contributed by atoms with van der Waals surface area (Å²) in [5, 5.41) is 14.2. The summed E-state index contributed by atoms with van der Waals surface area (Å²) < 4.78 is 1.78. The van der Waals surface area contributed by atoms with Crippen LogP contribution in [0.1, 0.15) is 72.2 Å². The third kappa shape index (κ3) is 8.37. The highest BCUT2D eigenvalue weighted by atomic mass is 16.2. The van der Waals surface area contributed by atoms with Crippen LogP contribution in [0.3, 0.4) is 0 Å². The van der Waals surface area contributed by atoms with Crippen LogP contribution in [-0.2, 0) is 11.8 Å². The number of para-hydroxylation sites is 1. The van der Waals surface area contributed by atoms with Crippen molar-refractivity contribution in [3.63, 3.8) is 0 Å². The first-order valence-corrected chi connectivity index (χ1v) is 17.2. The minimum absolute atomic E-state index is 0.0379. The highest BCUT2D eigenvalue weighted by Gasteiger charge is 2.25. The van der Waals surface area contributed by atoms with E-state index in [1.54, 1.807) is 4.68 Å². The van der Waals surface area contributed by atoms with Gasteiger partial charge in [-0.15, -0.1) is 0 Å². The van der Waals surface area contributed by atoms with E-state index in [-0.39, 0.29) is 17.4 Å². The third-order valence-electron chi connectivity index (χ3n) is 9.04. The first-order chi connectivity index (χ1) is 23.9. The summed E-state index contributed by atoms with van der Waals surface area (Å²) in [7, 11) is 0. The number of urea groups is 1. The molecule has 3 N–H and O–H groups in total. The summed E-state index contributed by atoms with van der Waals surface area (Å²) in [6.07, 6.45) is 2.59. The lowest BCUT2D eigenvalue weighted by Gasteiger charge is -2.32. The molecule has 0 radical (unpaired) electrons. The smallest absolute Gasteiger partial charge is 0.324 e. The number of nitrogens with zero attached hydrogens (tertiary/aromatic N) is 5. The fourth-order valence-electron chi connectivity index (χ4n) is 6.25. The number of amides is 3. The second-order valence-corrected chi connectivity index (χ2v) is 14.3. The zero-order valence-electron chi connectivity index (χ0n) is 29.7. The lowest BCUT2D eigenvalue weighted by molar-refractivity contribution is 0.0690. The van der Waals surface area contributed by atoms with E-state index in [4.69, 9.17) is 5.10 Å². The van der Waals surface area contributed by atoms with Crippen LogP contribution in [0.2, 0.25) is 0 Å². The Morgan fingerprint density at radius 3 is 2.14 bits per heavy atom. The second kappa shape index (κ2) is 14.5. The van der Waals surface area contributed by atoms with Crippen LogP contribution < -0.4 is 16.0 Å². The standard InChI is InChI=1S/C40H46N8O2/c1-26-11-17-33(18-12-26)48-36(25-35(46-48)40(4,5)6)45-39(50)44-34-10-8-7-9-31(34)24-29-19-21-47(22-20-29)37(49)30-13-15-32(16-14-30)43-38-41-27(2)23-28(3)42-38/h7-18,23,25,29H,19-22,24H2,1-6H3,(H,41,42,43)(H2,44,45,50). The quantitative estimate of drug-likeness (QED) is 0.153. The average Bonchev–Trinajstić information content (AvgIpc) is 3.50. The van der Waals surface area contributed by atoms with Crippen molar-refractivity contribution in [2.75, 3.05) is 29.0 Å². The van der Waals surface area contributed by atoms with Crippen molar-refractivity contribution in [2.24, 2.45) is 5.92 Å². The molecule has 1 saturated heterocycles. The minimum atomic E-state index is -0.325. The van der Waals surface area contributed by atoms with Crippen molar-refractivity contribution in [1.82, 2.24) is 24.6 Å². The topological polar surface area (TPSA) is 117 Å². The second-order valence-electron chi connectivity index (χ2n) is 14.3. The molecule has 258 valence electrons. The molecule has 3 amide bonds. The Morgan fingerprint density at radius 2 is 1.48 bits per heavy atom. The van der Waals surface area contributed by atoms with E-state index in [9.17, 15) is 9.59 Å². The number of piperidine rings is 1. The van der Waals surface area contributed by atoms with Gasteiger partial charge in [0, 0.05) is 52.9 Å². The van der Waals surface area contributed by atoms with Crippen LogP contribution in [0.4, 0.5) is 27.9 Å². The van der Waals surface area contributed by atoms with Gasteiger partial charge in [-0.25, -0.2) is 19.4 Å². The largest absolute Gasteiger partial charge is 0.339 e. The Bertz CT molecular complexity index is 1950. The summed E-state index contributed by atoms with van der Waals surface area (Å²) in [6, 6.07) is 27.1. The number of aromatic nitrogens is 4. The summed E-state index contributed by atoms with van der Waals surface area (Å²) in [5.74, 6) is 1.58. The number of carbonyl (C=O) groups excluding carboxylic acids is 2. The van der Waals surface area contributed by atoms with Gasteiger partial charge in [0.15, 0.2) is 0 Å². The molecule has 0 aliphatic carbocycles. The van der Waals surface area contributed by atoms with E-state index in [1.165, 1.54) is 0 Å². The molecule has 3 aromatic carbocycles. The third-order valence-corrected chi connectivity index (χ3v) is 9.04. The van der Waals surface area contributed by atoms with Crippen molar-refractivity contribution in [3.8, 4) is 5.69 Å². The number of anilines is 4. The number of benzene rings is 3. The first-order valence-electron chi connectivity index (χ1n) is 17.2. The average molecular weight is 671 g/mol. The van der Waals surface area contributed by atoms with Crippen molar-refractivity contribution in [2.45, 2.75) is 66.2 Å². The predicted octanol–water partition coefficient (Wildman–Crippen LogP) is 8.37. The molecule has 1 aliphatic heterocycles. The zero-order valence-corrected chi connectivity index (χ0v) is 29.7. The van der Waals surface area contributed by atoms with E-state index in [0.717, 1.165) is 64.5 Å². The Hall–Kier alpha value is -5.51. The molecule has 2 aromatic heterocycles. The van der Waals surface area contributed by atoms with Gasteiger partial charge in [0.2, 0.25) is 5.95 Å². The zero-order chi connectivity index (χ0) is 35.4. The van der Waals surface area contributed by atoms with Crippen molar-refractivity contribution < 1.29 is 9.59 Å². The molecule has 5 aromatic rings. The molecule has 0 unspecified atom stereocenters. The lowest BCUT2D eigenvalue weighted by Crippen LogP contribution is -2.39. The molecule has 1 aliphatic rings. The van der Waals surface area contributed by atoms with Crippen LogP contribution >= 0.6 is 0 Å².